The molecule has 0 radical (unpaired) electrons. The summed E-state index contributed by atoms with van der Waals surface area (Å²) in [6, 6.07) is 2.00. The van der Waals surface area contributed by atoms with Crippen LogP contribution >= 0.6 is 0 Å². The average Bonchev–Trinajstić information content (AvgIpc) is 2.59. The van der Waals surface area contributed by atoms with Crippen LogP contribution in [0.15, 0.2) is 6.07 Å². The van der Waals surface area contributed by atoms with Crippen LogP contribution in [0, 0.1) is 0 Å². The van der Waals surface area contributed by atoms with Crippen LogP contribution in [0.1, 0.15) is 36.9 Å². The molecule has 0 aromatic carbocycles. The molecule has 0 amide bonds. The van der Waals surface area contributed by atoms with Gasteiger partial charge >= 0.3 is 0 Å². The van der Waals surface area contributed by atoms with Crippen molar-refractivity contribution in [3.05, 3.63) is 17.3 Å². The predicted octanol–water partition coefficient (Wildman–Crippen LogP) is 1.20. The molecule has 70 valence electrons. The molecule has 0 aliphatic heterocycles. The van der Waals surface area contributed by atoms with Crippen molar-refractivity contribution in [1.29, 1.82) is 0 Å². The van der Waals surface area contributed by atoms with E-state index in [0.717, 1.165) is 12.8 Å². The zero-order valence-corrected chi connectivity index (χ0v) is 7.75. The smallest absolute Gasteiger partial charge is 0.162 e. The minimum atomic E-state index is 0.606. The molecule has 3 N–H and O–H groups in total. The van der Waals surface area contributed by atoms with E-state index in [1.54, 1.807) is 0 Å². The second kappa shape index (κ2) is 3.30. The summed E-state index contributed by atoms with van der Waals surface area (Å²) >= 11 is 0. The van der Waals surface area contributed by atoms with Gasteiger partial charge in [-0.15, -0.1) is 5.10 Å². The molecule has 0 saturated heterocycles. The van der Waals surface area contributed by atoms with Crippen molar-refractivity contribution in [1.82, 2.24) is 10.2 Å². The maximum atomic E-state index is 5.26. The highest BCUT2D eigenvalue weighted by molar-refractivity contribution is 5.40. The van der Waals surface area contributed by atoms with Gasteiger partial charge in [0.25, 0.3) is 0 Å². The van der Waals surface area contributed by atoms with Crippen molar-refractivity contribution >= 4 is 5.82 Å². The summed E-state index contributed by atoms with van der Waals surface area (Å²) in [5.74, 6) is 6.53. The Kier molecular flexibility index (Phi) is 2.14. The van der Waals surface area contributed by atoms with E-state index in [9.17, 15) is 0 Å². The average molecular weight is 178 g/mol. The fourth-order valence-corrected chi connectivity index (χ4v) is 1.92. The van der Waals surface area contributed by atoms with E-state index in [4.69, 9.17) is 5.84 Å². The monoisotopic (exact) mass is 178 g/mol. The Hall–Kier alpha value is -1.16. The maximum absolute atomic E-state index is 5.26. The summed E-state index contributed by atoms with van der Waals surface area (Å²) in [4.78, 5) is 0. The van der Waals surface area contributed by atoms with Gasteiger partial charge in [0.15, 0.2) is 5.82 Å². The number of fused-ring (bicyclic) bond motifs is 1. The van der Waals surface area contributed by atoms with Crippen molar-refractivity contribution < 1.29 is 0 Å². The Labute approximate surface area is 77.5 Å². The summed E-state index contributed by atoms with van der Waals surface area (Å²) in [6.07, 6.45) is 3.46. The summed E-state index contributed by atoms with van der Waals surface area (Å²) < 4.78 is 0. The number of nitrogen functional groups attached to an aromatic ring is 1. The van der Waals surface area contributed by atoms with Crippen molar-refractivity contribution in [2.24, 2.45) is 5.84 Å². The molecule has 0 bridgehead atoms. The molecule has 1 aliphatic carbocycles. The van der Waals surface area contributed by atoms with Crippen molar-refractivity contribution in [2.45, 2.75) is 32.1 Å². The normalized spacial score (nSPS) is 20.0. The molecule has 1 heterocycles. The third kappa shape index (κ3) is 1.37. The first-order chi connectivity index (χ1) is 6.35. The van der Waals surface area contributed by atoms with Gasteiger partial charge in [0, 0.05) is 5.92 Å². The first kappa shape index (κ1) is 8.44. The molecule has 13 heavy (non-hydrogen) atoms. The van der Waals surface area contributed by atoms with Gasteiger partial charge in [-0.3, -0.25) is 0 Å². The Morgan fingerprint density at radius 1 is 1.62 bits per heavy atom. The number of aromatic nitrogens is 2. The molecular formula is C9H14N4. The Morgan fingerprint density at radius 3 is 3.15 bits per heavy atom. The topological polar surface area (TPSA) is 63.8 Å². The standard InChI is InChI=1S/C9H14N4/c1-2-6-3-4-7-5-8(11-10)12-13-9(6)7/h5-6H,2-4,10H2,1H3,(H,11,12). The maximum Gasteiger partial charge on any atom is 0.162 e. The van der Waals surface area contributed by atoms with Gasteiger partial charge in [-0.1, -0.05) is 6.92 Å². The van der Waals surface area contributed by atoms with Gasteiger partial charge in [-0.2, -0.15) is 5.10 Å². The molecule has 1 aliphatic rings. The molecule has 2 rings (SSSR count). The van der Waals surface area contributed by atoms with Crippen LogP contribution in [-0.4, -0.2) is 10.2 Å². The van der Waals surface area contributed by atoms with E-state index in [1.165, 1.54) is 17.7 Å². The minimum absolute atomic E-state index is 0.606. The Balaban J connectivity index is 2.34. The first-order valence-electron chi connectivity index (χ1n) is 4.68. The summed E-state index contributed by atoms with van der Waals surface area (Å²) in [5, 5.41) is 8.17. The van der Waals surface area contributed by atoms with Gasteiger partial charge in [0.2, 0.25) is 0 Å². The number of anilines is 1. The molecule has 1 unspecified atom stereocenters. The molecule has 0 saturated carbocycles. The number of hydrazine groups is 1. The lowest BCUT2D eigenvalue weighted by Gasteiger charge is -2.06. The third-order valence-electron chi connectivity index (χ3n) is 2.69. The number of aryl methyl sites for hydroxylation is 1. The number of nitrogens with zero attached hydrogens (tertiary/aromatic N) is 2. The zero-order chi connectivity index (χ0) is 9.26. The van der Waals surface area contributed by atoms with Crippen LogP contribution in [0.5, 0.6) is 0 Å². The van der Waals surface area contributed by atoms with Gasteiger partial charge < -0.3 is 5.43 Å². The predicted molar refractivity (Wildman–Crippen MR) is 51.2 cm³/mol. The molecular weight excluding hydrogens is 164 g/mol. The van der Waals surface area contributed by atoms with Crippen LogP contribution in [-0.2, 0) is 6.42 Å². The van der Waals surface area contributed by atoms with Crippen LogP contribution in [0.4, 0.5) is 5.82 Å². The van der Waals surface area contributed by atoms with Gasteiger partial charge in [-0.25, -0.2) is 5.84 Å². The molecule has 0 spiro atoms. The van der Waals surface area contributed by atoms with Crippen molar-refractivity contribution in [3.63, 3.8) is 0 Å². The molecule has 1 aromatic heterocycles. The fourth-order valence-electron chi connectivity index (χ4n) is 1.92. The number of hydrogen-bond donors (Lipinski definition) is 2. The summed E-state index contributed by atoms with van der Waals surface area (Å²) in [6.45, 7) is 2.19. The second-order valence-corrected chi connectivity index (χ2v) is 3.43. The van der Waals surface area contributed by atoms with E-state index < -0.39 is 0 Å². The van der Waals surface area contributed by atoms with Gasteiger partial charge in [-0.05, 0) is 30.9 Å². The Bertz CT molecular complexity index is 310. The molecule has 4 nitrogen and oxygen atoms in total. The third-order valence-corrected chi connectivity index (χ3v) is 2.69. The van der Waals surface area contributed by atoms with E-state index >= 15 is 0 Å². The van der Waals surface area contributed by atoms with Crippen molar-refractivity contribution in [3.8, 4) is 0 Å². The highest BCUT2D eigenvalue weighted by Gasteiger charge is 2.23. The minimum Gasteiger partial charge on any atom is -0.307 e. The molecule has 0 fully saturated rings. The van der Waals surface area contributed by atoms with Crippen LogP contribution in [0.3, 0.4) is 0 Å². The Morgan fingerprint density at radius 2 is 2.46 bits per heavy atom. The largest absolute Gasteiger partial charge is 0.307 e. The van der Waals surface area contributed by atoms with Crippen LogP contribution < -0.4 is 11.3 Å². The summed E-state index contributed by atoms with van der Waals surface area (Å²) in [7, 11) is 0. The fraction of sp³-hybridized carbons (Fsp3) is 0.556. The lowest BCUT2D eigenvalue weighted by atomic mass is 10.0. The highest BCUT2D eigenvalue weighted by Crippen LogP contribution is 2.33. The van der Waals surface area contributed by atoms with Crippen molar-refractivity contribution in [2.75, 3.05) is 5.43 Å². The number of hydrogen-bond acceptors (Lipinski definition) is 4. The molecule has 1 atom stereocenters. The van der Waals surface area contributed by atoms with E-state index in [0.29, 0.717) is 11.7 Å². The van der Waals surface area contributed by atoms with E-state index in [-0.39, 0.29) is 0 Å². The number of nitrogens with one attached hydrogen (secondary N) is 1. The van der Waals surface area contributed by atoms with E-state index in [1.807, 2.05) is 6.07 Å². The second-order valence-electron chi connectivity index (χ2n) is 3.43. The SMILES string of the molecule is CCC1CCc2cc(NN)nnc21. The van der Waals surface area contributed by atoms with Crippen LogP contribution in [0.25, 0.3) is 0 Å². The zero-order valence-electron chi connectivity index (χ0n) is 7.75. The van der Waals surface area contributed by atoms with Gasteiger partial charge in [0.1, 0.15) is 0 Å². The van der Waals surface area contributed by atoms with Gasteiger partial charge in [0.05, 0.1) is 5.69 Å². The van der Waals surface area contributed by atoms with E-state index in [2.05, 4.69) is 22.5 Å². The highest BCUT2D eigenvalue weighted by atomic mass is 15.3. The molecule has 1 aromatic rings. The molecule has 4 heteroatoms. The number of rotatable bonds is 2. The quantitative estimate of drug-likeness (QED) is 0.527. The van der Waals surface area contributed by atoms with Crippen LogP contribution in [0.2, 0.25) is 0 Å². The lowest BCUT2D eigenvalue weighted by Crippen LogP contribution is -2.10. The number of nitrogens with two attached hydrogens (primary N) is 1. The first-order valence-corrected chi connectivity index (χ1v) is 4.68. The summed E-state index contributed by atoms with van der Waals surface area (Å²) in [5.41, 5.74) is 4.98. The lowest BCUT2D eigenvalue weighted by molar-refractivity contribution is 0.635.